The van der Waals surface area contributed by atoms with Crippen LogP contribution in [-0.2, 0) is 0 Å². The molecule has 88 valence electrons. The Morgan fingerprint density at radius 2 is 2.00 bits per heavy atom. The first-order chi connectivity index (χ1) is 7.75. The monoisotopic (exact) mass is 219 g/mol. The van der Waals surface area contributed by atoms with E-state index in [0.717, 1.165) is 12.3 Å². The third kappa shape index (κ3) is 4.07. The zero-order chi connectivity index (χ0) is 11.8. The highest BCUT2D eigenvalue weighted by molar-refractivity contribution is 5.35. The molecule has 1 aromatic carbocycles. The number of rotatable bonds is 6. The third-order valence-electron chi connectivity index (χ3n) is 2.36. The van der Waals surface area contributed by atoms with Gasteiger partial charge in [0.15, 0.2) is 0 Å². The number of hydrogen-bond donors (Lipinski definition) is 1. The fourth-order valence-electron chi connectivity index (χ4n) is 1.50. The van der Waals surface area contributed by atoms with E-state index in [-0.39, 0.29) is 0 Å². The van der Waals surface area contributed by atoms with Gasteiger partial charge in [0.25, 0.3) is 0 Å². The van der Waals surface area contributed by atoms with Crippen molar-refractivity contribution in [2.45, 2.75) is 19.8 Å². The normalized spacial score (nSPS) is 11.2. The summed E-state index contributed by atoms with van der Waals surface area (Å²) < 4.78 is 5.73. The molecular formula is C14H21NO. The van der Waals surface area contributed by atoms with Crippen LogP contribution >= 0.6 is 0 Å². The highest BCUT2D eigenvalue weighted by atomic mass is 16.5. The lowest BCUT2D eigenvalue weighted by atomic mass is 10.0. The van der Waals surface area contributed by atoms with Crippen molar-refractivity contribution in [3.8, 4) is 5.75 Å². The number of hydrogen-bond acceptors (Lipinski definition) is 2. The molecule has 0 heterocycles. The zero-order valence-corrected chi connectivity index (χ0v) is 10.4. The molecule has 0 unspecified atom stereocenters. The van der Waals surface area contributed by atoms with Gasteiger partial charge in [-0.15, -0.1) is 0 Å². The standard InChI is InChI=1S/C14H21NO/c1-12(2)13-8-4-5-9-14(13)16-11-7-6-10-15-3/h4-9,12,15H,10-11H2,1-3H3. The van der Waals surface area contributed by atoms with Crippen LogP contribution in [0.5, 0.6) is 5.75 Å². The summed E-state index contributed by atoms with van der Waals surface area (Å²) in [5.74, 6) is 1.49. The molecule has 0 bridgehead atoms. The Labute approximate surface area is 98.3 Å². The van der Waals surface area contributed by atoms with Crippen molar-refractivity contribution >= 4 is 0 Å². The minimum atomic E-state index is 0.498. The fraction of sp³-hybridized carbons (Fsp3) is 0.429. The third-order valence-corrected chi connectivity index (χ3v) is 2.36. The maximum atomic E-state index is 5.73. The van der Waals surface area contributed by atoms with E-state index < -0.39 is 0 Å². The van der Waals surface area contributed by atoms with E-state index in [0.29, 0.717) is 12.5 Å². The van der Waals surface area contributed by atoms with Crippen molar-refractivity contribution in [3.63, 3.8) is 0 Å². The second-order valence-corrected chi connectivity index (χ2v) is 4.03. The fourth-order valence-corrected chi connectivity index (χ4v) is 1.50. The van der Waals surface area contributed by atoms with Crippen molar-refractivity contribution in [2.24, 2.45) is 0 Å². The summed E-state index contributed by atoms with van der Waals surface area (Å²) in [6, 6.07) is 8.22. The van der Waals surface area contributed by atoms with Gasteiger partial charge < -0.3 is 10.1 Å². The van der Waals surface area contributed by atoms with Crippen LogP contribution in [0.15, 0.2) is 36.4 Å². The van der Waals surface area contributed by atoms with Crippen LogP contribution in [-0.4, -0.2) is 20.2 Å². The first-order valence-electron chi connectivity index (χ1n) is 5.77. The van der Waals surface area contributed by atoms with Gasteiger partial charge in [0, 0.05) is 6.54 Å². The van der Waals surface area contributed by atoms with Gasteiger partial charge in [-0.25, -0.2) is 0 Å². The van der Waals surface area contributed by atoms with E-state index in [1.54, 1.807) is 0 Å². The summed E-state index contributed by atoms with van der Waals surface area (Å²) in [5.41, 5.74) is 1.27. The molecule has 2 heteroatoms. The number of benzene rings is 1. The molecule has 0 saturated heterocycles. The molecule has 0 amide bonds. The quantitative estimate of drug-likeness (QED) is 0.743. The molecule has 0 fully saturated rings. The van der Waals surface area contributed by atoms with Gasteiger partial charge in [-0.05, 0) is 24.6 Å². The van der Waals surface area contributed by atoms with Crippen molar-refractivity contribution < 1.29 is 4.74 Å². The van der Waals surface area contributed by atoms with Crippen LogP contribution in [0.4, 0.5) is 0 Å². The van der Waals surface area contributed by atoms with E-state index in [9.17, 15) is 0 Å². The molecule has 0 saturated carbocycles. The predicted molar refractivity (Wildman–Crippen MR) is 69.1 cm³/mol. The Kier molecular flexibility index (Phi) is 5.65. The molecule has 0 spiro atoms. The van der Waals surface area contributed by atoms with Gasteiger partial charge >= 0.3 is 0 Å². The Morgan fingerprint density at radius 1 is 1.25 bits per heavy atom. The van der Waals surface area contributed by atoms with Gasteiger partial charge in [-0.1, -0.05) is 44.2 Å². The van der Waals surface area contributed by atoms with Gasteiger partial charge in [0.2, 0.25) is 0 Å². The van der Waals surface area contributed by atoms with Gasteiger partial charge in [0.05, 0.1) is 0 Å². The number of nitrogens with one attached hydrogen (secondary N) is 1. The molecule has 0 aliphatic heterocycles. The molecule has 0 aromatic heterocycles. The second kappa shape index (κ2) is 7.07. The van der Waals surface area contributed by atoms with Crippen molar-refractivity contribution in [1.29, 1.82) is 0 Å². The average Bonchev–Trinajstić information content (AvgIpc) is 2.29. The summed E-state index contributed by atoms with van der Waals surface area (Å²) in [7, 11) is 1.93. The molecule has 1 rings (SSSR count). The van der Waals surface area contributed by atoms with E-state index >= 15 is 0 Å². The van der Waals surface area contributed by atoms with E-state index in [1.165, 1.54) is 5.56 Å². The molecule has 1 aromatic rings. The Bertz CT molecular complexity index is 331. The number of para-hydroxylation sites is 1. The summed E-state index contributed by atoms with van der Waals surface area (Å²) in [5, 5.41) is 3.05. The summed E-state index contributed by atoms with van der Waals surface area (Å²) in [6.45, 7) is 5.87. The molecule has 0 atom stereocenters. The minimum absolute atomic E-state index is 0.498. The molecule has 2 nitrogen and oxygen atoms in total. The molecular weight excluding hydrogens is 198 g/mol. The smallest absolute Gasteiger partial charge is 0.123 e. The van der Waals surface area contributed by atoms with E-state index in [4.69, 9.17) is 4.74 Å². The Morgan fingerprint density at radius 3 is 2.69 bits per heavy atom. The summed E-state index contributed by atoms with van der Waals surface area (Å²) in [6.07, 6.45) is 4.10. The predicted octanol–water partition coefficient (Wildman–Crippen LogP) is 2.96. The highest BCUT2D eigenvalue weighted by Gasteiger charge is 2.05. The molecule has 0 aliphatic rings. The first kappa shape index (κ1) is 12.8. The number of ether oxygens (including phenoxy) is 1. The van der Waals surface area contributed by atoms with Gasteiger partial charge in [-0.2, -0.15) is 0 Å². The minimum Gasteiger partial charge on any atom is -0.489 e. The second-order valence-electron chi connectivity index (χ2n) is 4.03. The lowest BCUT2D eigenvalue weighted by molar-refractivity contribution is 0.357. The lowest BCUT2D eigenvalue weighted by Crippen LogP contribution is -2.05. The van der Waals surface area contributed by atoms with Crippen molar-refractivity contribution in [1.82, 2.24) is 5.32 Å². The largest absolute Gasteiger partial charge is 0.489 e. The first-order valence-corrected chi connectivity index (χ1v) is 5.77. The van der Waals surface area contributed by atoms with Crippen molar-refractivity contribution in [2.75, 3.05) is 20.2 Å². The van der Waals surface area contributed by atoms with Crippen LogP contribution in [0, 0.1) is 0 Å². The summed E-state index contributed by atoms with van der Waals surface area (Å²) >= 11 is 0. The van der Waals surface area contributed by atoms with Crippen LogP contribution < -0.4 is 10.1 Å². The van der Waals surface area contributed by atoms with Crippen LogP contribution in [0.1, 0.15) is 25.3 Å². The molecule has 1 N–H and O–H groups in total. The highest BCUT2D eigenvalue weighted by Crippen LogP contribution is 2.25. The number of likely N-dealkylation sites (N-methyl/N-ethyl adjacent to an activating group) is 1. The topological polar surface area (TPSA) is 21.3 Å². The Hall–Kier alpha value is -1.28. The molecule has 16 heavy (non-hydrogen) atoms. The van der Waals surface area contributed by atoms with Crippen LogP contribution in [0.3, 0.4) is 0 Å². The van der Waals surface area contributed by atoms with E-state index in [1.807, 2.05) is 25.3 Å². The van der Waals surface area contributed by atoms with Crippen LogP contribution in [0.25, 0.3) is 0 Å². The molecule has 0 aliphatic carbocycles. The summed E-state index contributed by atoms with van der Waals surface area (Å²) in [4.78, 5) is 0. The lowest BCUT2D eigenvalue weighted by Gasteiger charge is -2.12. The van der Waals surface area contributed by atoms with E-state index in [2.05, 4.69) is 37.4 Å². The van der Waals surface area contributed by atoms with Gasteiger partial charge in [0.1, 0.15) is 12.4 Å². The molecule has 0 radical (unpaired) electrons. The van der Waals surface area contributed by atoms with Crippen LogP contribution in [0.2, 0.25) is 0 Å². The SMILES string of the molecule is CNCC=CCOc1ccccc1C(C)C. The average molecular weight is 219 g/mol. The Balaban J connectivity index is 2.53. The van der Waals surface area contributed by atoms with Gasteiger partial charge in [-0.3, -0.25) is 0 Å². The maximum absolute atomic E-state index is 5.73. The zero-order valence-electron chi connectivity index (χ0n) is 10.4. The maximum Gasteiger partial charge on any atom is 0.123 e. The van der Waals surface area contributed by atoms with Crippen molar-refractivity contribution in [3.05, 3.63) is 42.0 Å².